The van der Waals surface area contributed by atoms with Gasteiger partial charge >= 0.3 is 0 Å². The fourth-order valence-electron chi connectivity index (χ4n) is 1.36. The maximum absolute atomic E-state index is 11.6. The van der Waals surface area contributed by atoms with Crippen molar-refractivity contribution in [3.63, 3.8) is 0 Å². The number of nitrogens with zero attached hydrogens (tertiary/aromatic N) is 3. The van der Waals surface area contributed by atoms with Crippen LogP contribution in [0.25, 0.3) is 0 Å². The van der Waals surface area contributed by atoms with Gasteiger partial charge in [-0.3, -0.25) is 4.79 Å². The molecule has 0 radical (unpaired) electrons. The lowest BCUT2D eigenvalue weighted by Gasteiger charge is -2.09. The summed E-state index contributed by atoms with van der Waals surface area (Å²) in [7, 11) is 3.37. The summed E-state index contributed by atoms with van der Waals surface area (Å²) in [6, 6.07) is 5.48. The first kappa shape index (κ1) is 12.5. The molecule has 0 aliphatic rings. The van der Waals surface area contributed by atoms with E-state index in [2.05, 4.69) is 27.0 Å². The van der Waals surface area contributed by atoms with Crippen LogP contribution in [0.2, 0.25) is 0 Å². The van der Waals surface area contributed by atoms with Crippen molar-refractivity contribution < 1.29 is 4.79 Å². The molecule has 0 aliphatic heterocycles. The van der Waals surface area contributed by atoms with Crippen LogP contribution in [0.5, 0.6) is 0 Å². The van der Waals surface area contributed by atoms with E-state index in [0.29, 0.717) is 18.1 Å². The van der Waals surface area contributed by atoms with Crippen molar-refractivity contribution >= 4 is 23.1 Å². The second kappa shape index (κ2) is 5.59. The largest absolute Gasteiger partial charge is 0.364 e. The van der Waals surface area contributed by atoms with Gasteiger partial charge in [0, 0.05) is 20.6 Å². The van der Waals surface area contributed by atoms with Crippen LogP contribution in [0, 0.1) is 0 Å². The van der Waals surface area contributed by atoms with Crippen molar-refractivity contribution in [3.05, 3.63) is 40.2 Å². The van der Waals surface area contributed by atoms with E-state index in [-0.39, 0.29) is 5.91 Å². The number of rotatable bonds is 4. The highest BCUT2D eigenvalue weighted by molar-refractivity contribution is 7.07. The van der Waals surface area contributed by atoms with Gasteiger partial charge in [0.05, 0.1) is 0 Å². The second-order valence-corrected chi connectivity index (χ2v) is 4.77. The summed E-state index contributed by atoms with van der Waals surface area (Å²) >= 11 is 1.66. The first-order chi connectivity index (χ1) is 8.66. The van der Waals surface area contributed by atoms with Crippen LogP contribution in [-0.2, 0) is 6.54 Å². The quantitative estimate of drug-likeness (QED) is 0.913. The number of nitrogens with one attached hydrogen (secondary N) is 1. The number of carbonyl (C=O) groups is 1. The van der Waals surface area contributed by atoms with E-state index < -0.39 is 0 Å². The number of hydrogen-bond acceptors (Lipinski definition) is 5. The second-order valence-electron chi connectivity index (χ2n) is 3.99. The van der Waals surface area contributed by atoms with Crippen molar-refractivity contribution in [2.45, 2.75) is 6.54 Å². The van der Waals surface area contributed by atoms with Gasteiger partial charge in [0.15, 0.2) is 5.69 Å². The molecule has 0 saturated carbocycles. The van der Waals surface area contributed by atoms with Crippen molar-refractivity contribution in [2.24, 2.45) is 0 Å². The zero-order chi connectivity index (χ0) is 13.0. The van der Waals surface area contributed by atoms with E-state index >= 15 is 0 Å². The molecule has 0 aliphatic carbocycles. The molecule has 2 aromatic rings. The molecular formula is C12H14N4OS. The van der Waals surface area contributed by atoms with Gasteiger partial charge in [0.2, 0.25) is 0 Å². The number of aromatic nitrogens is 2. The summed E-state index contributed by atoms with van der Waals surface area (Å²) < 4.78 is 0. The van der Waals surface area contributed by atoms with Crippen LogP contribution in [0.4, 0.5) is 5.82 Å². The van der Waals surface area contributed by atoms with Crippen molar-refractivity contribution in [1.82, 2.24) is 15.1 Å². The molecule has 6 heteroatoms. The van der Waals surface area contributed by atoms with E-state index in [1.54, 1.807) is 37.6 Å². The Balaban J connectivity index is 1.97. The van der Waals surface area contributed by atoms with Gasteiger partial charge in [-0.2, -0.15) is 11.3 Å². The molecule has 0 saturated heterocycles. The molecule has 5 nitrogen and oxygen atoms in total. The zero-order valence-corrected chi connectivity index (χ0v) is 11.1. The molecule has 1 N–H and O–H groups in total. The lowest BCUT2D eigenvalue weighted by atomic mass is 10.3. The minimum Gasteiger partial charge on any atom is -0.364 e. The predicted molar refractivity (Wildman–Crippen MR) is 71.7 cm³/mol. The molecule has 94 valence electrons. The molecule has 2 heterocycles. The van der Waals surface area contributed by atoms with Crippen LogP contribution in [-0.4, -0.2) is 35.1 Å². The Morgan fingerprint density at radius 3 is 2.72 bits per heavy atom. The molecule has 2 aromatic heterocycles. The van der Waals surface area contributed by atoms with Gasteiger partial charge in [0.25, 0.3) is 5.91 Å². The third-order valence-corrected chi connectivity index (χ3v) is 3.08. The Morgan fingerprint density at radius 2 is 2.17 bits per heavy atom. The minimum absolute atomic E-state index is 0.146. The number of carbonyl (C=O) groups excluding carboxylic acids is 1. The Bertz CT molecular complexity index is 507. The molecule has 2 rings (SSSR count). The highest BCUT2D eigenvalue weighted by Gasteiger charge is 2.09. The van der Waals surface area contributed by atoms with Crippen molar-refractivity contribution in [3.8, 4) is 0 Å². The van der Waals surface area contributed by atoms with Gasteiger partial charge in [-0.25, -0.2) is 0 Å². The van der Waals surface area contributed by atoms with E-state index in [9.17, 15) is 4.79 Å². The SMILES string of the molecule is CN(C)C(=O)c1ccc(NCc2ccsc2)nn1. The van der Waals surface area contributed by atoms with Gasteiger partial charge in [-0.1, -0.05) is 0 Å². The standard InChI is InChI=1S/C12H14N4OS/c1-16(2)12(17)10-3-4-11(15-14-10)13-7-9-5-6-18-8-9/h3-6,8H,7H2,1-2H3,(H,13,15). The normalized spacial score (nSPS) is 10.1. The first-order valence-electron chi connectivity index (χ1n) is 5.47. The fourth-order valence-corrected chi connectivity index (χ4v) is 2.02. The number of amides is 1. The molecule has 18 heavy (non-hydrogen) atoms. The molecule has 0 aromatic carbocycles. The van der Waals surface area contributed by atoms with Crippen LogP contribution in [0.1, 0.15) is 16.1 Å². The van der Waals surface area contributed by atoms with Gasteiger partial charge in [-0.05, 0) is 34.5 Å². The molecule has 0 unspecified atom stereocenters. The van der Waals surface area contributed by atoms with E-state index in [1.807, 2.05) is 5.38 Å². The third-order valence-electron chi connectivity index (χ3n) is 2.34. The van der Waals surface area contributed by atoms with Crippen LogP contribution < -0.4 is 5.32 Å². The lowest BCUT2D eigenvalue weighted by Crippen LogP contribution is -2.23. The molecule has 1 amide bonds. The summed E-state index contributed by atoms with van der Waals surface area (Å²) in [6.45, 7) is 0.707. The predicted octanol–water partition coefficient (Wildman–Crippen LogP) is 1.85. The van der Waals surface area contributed by atoms with Gasteiger partial charge in [0.1, 0.15) is 5.82 Å². The third kappa shape index (κ3) is 3.04. The smallest absolute Gasteiger partial charge is 0.273 e. The fraction of sp³-hybridized carbons (Fsp3) is 0.250. The summed E-state index contributed by atoms with van der Waals surface area (Å²) in [5, 5.41) is 15.1. The summed E-state index contributed by atoms with van der Waals surface area (Å²) in [4.78, 5) is 13.1. The van der Waals surface area contributed by atoms with Crippen LogP contribution in [0.15, 0.2) is 29.0 Å². The molecular weight excluding hydrogens is 248 g/mol. The van der Waals surface area contributed by atoms with Crippen LogP contribution in [0.3, 0.4) is 0 Å². The molecule has 0 spiro atoms. The first-order valence-corrected chi connectivity index (χ1v) is 6.41. The lowest BCUT2D eigenvalue weighted by molar-refractivity contribution is 0.0821. The Hall–Kier alpha value is -1.95. The Kier molecular flexibility index (Phi) is 3.88. The molecule has 0 bridgehead atoms. The highest BCUT2D eigenvalue weighted by Crippen LogP contribution is 2.09. The van der Waals surface area contributed by atoms with E-state index in [4.69, 9.17) is 0 Å². The maximum Gasteiger partial charge on any atom is 0.273 e. The topological polar surface area (TPSA) is 58.1 Å². The van der Waals surface area contributed by atoms with Crippen molar-refractivity contribution in [1.29, 1.82) is 0 Å². The van der Waals surface area contributed by atoms with Crippen LogP contribution >= 0.6 is 11.3 Å². The Labute approximate surface area is 109 Å². The minimum atomic E-state index is -0.146. The summed E-state index contributed by atoms with van der Waals surface area (Å²) in [5.74, 6) is 0.517. The molecule has 0 atom stereocenters. The van der Waals surface area contributed by atoms with Crippen molar-refractivity contribution in [2.75, 3.05) is 19.4 Å². The average Bonchev–Trinajstić information content (AvgIpc) is 2.89. The highest BCUT2D eigenvalue weighted by atomic mass is 32.1. The number of hydrogen-bond donors (Lipinski definition) is 1. The Morgan fingerprint density at radius 1 is 1.33 bits per heavy atom. The van der Waals surface area contributed by atoms with E-state index in [0.717, 1.165) is 0 Å². The maximum atomic E-state index is 11.6. The zero-order valence-electron chi connectivity index (χ0n) is 10.3. The summed E-state index contributed by atoms with van der Waals surface area (Å²) in [5.41, 5.74) is 1.55. The number of anilines is 1. The number of thiophene rings is 1. The van der Waals surface area contributed by atoms with Gasteiger partial charge < -0.3 is 10.2 Å². The van der Waals surface area contributed by atoms with Gasteiger partial charge in [-0.15, -0.1) is 10.2 Å². The molecule has 0 fully saturated rings. The average molecular weight is 262 g/mol. The monoisotopic (exact) mass is 262 g/mol. The van der Waals surface area contributed by atoms with E-state index in [1.165, 1.54) is 10.5 Å². The summed E-state index contributed by atoms with van der Waals surface area (Å²) in [6.07, 6.45) is 0.